The summed E-state index contributed by atoms with van der Waals surface area (Å²) in [4.78, 5) is 17.0. The van der Waals surface area contributed by atoms with E-state index in [2.05, 4.69) is 38.0 Å². The Hall–Kier alpha value is -0.350. The average Bonchev–Trinajstić information content (AvgIpc) is 2.47. The highest BCUT2D eigenvalue weighted by Crippen LogP contribution is 2.32. The van der Waals surface area contributed by atoms with Gasteiger partial charge >= 0.3 is 0 Å². The SMILES string of the molecule is CCCCC(CC)C(=O)SC1=NC(C)(C)NC1(C)C. The van der Waals surface area contributed by atoms with Crippen LogP contribution in [0.4, 0.5) is 0 Å². The van der Waals surface area contributed by atoms with Crippen molar-refractivity contribution >= 4 is 21.9 Å². The Morgan fingerprint density at radius 3 is 2.37 bits per heavy atom. The molecule has 1 aliphatic rings. The molecule has 4 heteroatoms. The summed E-state index contributed by atoms with van der Waals surface area (Å²) in [6.07, 6.45) is 4.21. The Kier molecular flexibility index (Phi) is 5.63. The van der Waals surface area contributed by atoms with Crippen LogP contribution < -0.4 is 5.32 Å². The van der Waals surface area contributed by atoms with Crippen molar-refractivity contribution in [2.75, 3.05) is 0 Å². The lowest BCUT2D eigenvalue weighted by atomic mass is 10.0. The van der Waals surface area contributed by atoms with Crippen LogP contribution in [0.3, 0.4) is 0 Å². The molecule has 19 heavy (non-hydrogen) atoms. The highest BCUT2D eigenvalue weighted by molar-refractivity contribution is 8.26. The van der Waals surface area contributed by atoms with E-state index in [-0.39, 0.29) is 22.2 Å². The number of carbonyl (C=O) groups excluding carboxylic acids is 1. The van der Waals surface area contributed by atoms with Gasteiger partial charge in [0.2, 0.25) is 0 Å². The number of aliphatic imine (C=N–C) groups is 1. The predicted octanol–water partition coefficient (Wildman–Crippen LogP) is 3.98. The van der Waals surface area contributed by atoms with E-state index in [0.717, 1.165) is 30.7 Å². The van der Waals surface area contributed by atoms with Gasteiger partial charge in [-0.1, -0.05) is 26.7 Å². The zero-order valence-corrected chi connectivity index (χ0v) is 14.0. The summed E-state index contributed by atoms with van der Waals surface area (Å²) in [7, 11) is 0. The van der Waals surface area contributed by atoms with Gasteiger partial charge in [0.15, 0.2) is 5.12 Å². The van der Waals surface area contributed by atoms with Crippen LogP contribution in [-0.2, 0) is 4.79 Å². The molecule has 1 aliphatic heterocycles. The normalized spacial score (nSPS) is 22.1. The van der Waals surface area contributed by atoms with Gasteiger partial charge in [0.1, 0.15) is 5.66 Å². The minimum atomic E-state index is -0.267. The molecule has 1 unspecified atom stereocenters. The highest BCUT2D eigenvalue weighted by Gasteiger charge is 2.40. The molecule has 0 aromatic carbocycles. The van der Waals surface area contributed by atoms with Crippen molar-refractivity contribution in [3.05, 3.63) is 0 Å². The largest absolute Gasteiger partial charge is 0.286 e. The summed E-state index contributed by atoms with van der Waals surface area (Å²) in [5.41, 5.74) is -0.468. The number of hydrogen-bond donors (Lipinski definition) is 1. The predicted molar refractivity (Wildman–Crippen MR) is 84.6 cm³/mol. The molecule has 0 radical (unpaired) electrons. The Balaban J connectivity index is 2.70. The summed E-state index contributed by atoms with van der Waals surface area (Å²) < 4.78 is 0. The molecule has 0 amide bonds. The van der Waals surface area contributed by atoms with Crippen LogP contribution >= 0.6 is 11.8 Å². The second-order valence-electron chi connectivity index (χ2n) is 6.39. The van der Waals surface area contributed by atoms with Crippen molar-refractivity contribution < 1.29 is 4.79 Å². The second-order valence-corrected chi connectivity index (χ2v) is 7.39. The molecule has 0 saturated heterocycles. The van der Waals surface area contributed by atoms with Gasteiger partial charge < -0.3 is 0 Å². The van der Waals surface area contributed by atoms with Gasteiger partial charge in [-0.05, 0) is 52.3 Å². The van der Waals surface area contributed by atoms with Crippen molar-refractivity contribution in [1.29, 1.82) is 0 Å². The quantitative estimate of drug-likeness (QED) is 0.830. The van der Waals surface area contributed by atoms with Crippen LogP contribution in [-0.4, -0.2) is 21.4 Å². The fraction of sp³-hybridized carbons (Fsp3) is 0.867. The maximum atomic E-state index is 12.4. The molecule has 1 N–H and O–H groups in total. The maximum absolute atomic E-state index is 12.4. The lowest BCUT2D eigenvalue weighted by molar-refractivity contribution is -0.114. The summed E-state index contributed by atoms with van der Waals surface area (Å²) in [5, 5.41) is 4.66. The van der Waals surface area contributed by atoms with E-state index in [9.17, 15) is 4.79 Å². The van der Waals surface area contributed by atoms with Crippen LogP contribution in [0.5, 0.6) is 0 Å². The third-order valence-electron chi connectivity index (χ3n) is 3.46. The molecule has 110 valence electrons. The molecule has 0 bridgehead atoms. The molecular weight excluding hydrogens is 256 g/mol. The van der Waals surface area contributed by atoms with Crippen molar-refractivity contribution in [3.8, 4) is 0 Å². The van der Waals surface area contributed by atoms with Gasteiger partial charge in [-0.2, -0.15) is 0 Å². The number of rotatable bonds is 5. The monoisotopic (exact) mass is 284 g/mol. The lowest BCUT2D eigenvalue weighted by Gasteiger charge is -2.25. The van der Waals surface area contributed by atoms with E-state index in [0.29, 0.717) is 0 Å². The van der Waals surface area contributed by atoms with E-state index in [1.807, 2.05) is 13.8 Å². The molecule has 1 rings (SSSR count). The third kappa shape index (κ3) is 4.60. The zero-order valence-electron chi connectivity index (χ0n) is 13.2. The fourth-order valence-electron chi connectivity index (χ4n) is 2.51. The smallest absolute Gasteiger partial charge is 0.197 e. The van der Waals surface area contributed by atoms with Crippen LogP contribution in [0.15, 0.2) is 4.99 Å². The third-order valence-corrected chi connectivity index (χ3v) is 4.79. The first-order valence-electron chi connectivity index (χ1n) is 7.33. The van der Waals surface area contributed by atoms with Crippen LogP contribution in [0.25, 0.3) is 0 Å². The number of carbonyl (C=O) groups is 1. The number of unbranched alkanes of at least 4 members (excludes halogenated alkanes) is 1. The topological polar surface area (TPSA) is 41.5 Å². The Morgan fingerprint density at radius 1 is 1.32 bits per heavy atom. The number of hydrogen-bond acceptors (Lipinski definition) is 4. The minimum absolute atomic E-state index is 0.173. The van der Waals surface area contributed by atoms with Gasteiger partial charge in [0, 0.05) is 5.92 Å². The second kappa shape index (κ2) is 6.40. The summed E-state index contributed by atoms with van der Waals surface area (Å²) in [6.45, 7) is 12.5. The molecule has 0 fully saturated rings. The first kappa shape index (κ1) is 16.7. The first-order valence-corrected chi connectivity index (χ1v) is 8.15. The van der Waals surface area contributed by atoms with E-state index in [1.54, 1.807) is 0 Å². The van der Waals surface area contributed by atoms with E-state index < -0.39 is 0 Å². The van der Waals surface area contributed by atoms with Crippen molar-refractivity contribution in [1.82, 2.24) is 5.32 Å². The van der Waals surface area contributed by atoms with E-state index in [4.69, 9.17) is 0 Å². The van der Waals surface area contributed by atoms with Crippen molar-refractivity contribution in [2.45, 2.75) is 78.4 Å². The highest BCUT2D eigenvalue weighted by atomic mass is 32.2. The Labute approximate surface area is 122 Å². The fourth-order valence-corrected chi connectivity index (χ4v) is 3.73. The van der Waals surface area contributed by atoms with E-state index >= 15 is 0 Å². The Bertz CT molecular complexity index is 361. The summed E-state index contributed by atoms with van der Waals surface area (Å²) >= 11 is 1.35. The molecule has 0 spiro atoms. The molecule has 0 aromatic rings. The molecular formula is C15H28N2OS. The zero-order chi connectivity index (χ0) is 14.7. The number of nitrogens with one attached hydrogen (secondary N) is 1. The number of thioether (sulfide) groups is 1. The van der Waals surface area contributed by atoms with Crippen molar-refractivity contribution in [3.63, 3.8) is 0 Å². The van der Waals surface area contributed by atoms with Crippen LogP contribution in [0, 0.1) is 5.92 Å². The van der Waals surface area contributed by atoms with Gasteiger partial charge in [-0.15, -0.1) is 0 Å². The Morgan fingerprint density at radius 2 is 1.95 bits per heavy atom. The molecule has 3 nitrogen and oxygen atoms in total. The molecule has 0 aromatic heterocycles. The van der Waals surface area contributed by atoms with Gasteiger partial charge in [0.05, 0.1) is 10.6 Å². The lowest BCUT2D eigenvalue weighted by Crippen LogP contribution is -2.47. The van der Waals surface area contributed by atoms with E-state index in [1.165, 1.54) is 11.8 Å². The minimum Gasteiger partial charge on any atom is -0.286 e. The molecule has 1 heterocycles. The van der Waals surface area contributed by atoms with Crippen molar-refractivity contribution in [2.24, 2.45) is 10.9 Å². The average molecular weight is 284 g/mol. The molecule has 0 saturated carbocycles. The van der Waals surface area contributed by atoms with Gasteiger partial charge in [0.25, 0.3) is 0 Å². The van der Waals surface area contributed by atoms with Crippen LogP contribution in [0.1, 0.15) is 67.2 Å². The maximum Gasteiger partial charge on any atom is 0.197 e. The van der Waals surface area contributed by atoms with Gasteiger partial charge in [-0.25, -0.2) is 0 Å². The number of nitrogens with zero attached hydrogens (tertiary/aromatic N) is 1. The van der Waals surface area contributed by atoms with Gasteiger partial charge in [-0.3, -0.25) is 15.1 Å². The molecule has 0 aliphatic carbocycles. The first-order chi connectivity index (χ1) is 8.72. The standard InChI is InChI=1S/C15H28N2OS/c1-7-9-10-11(8-2)12(18)19-13-14(3,4)17-15(5,6)16-13/h11,17H,7-10H2,1-6H3. The summed E-state index contributed by atoms with van der Waals surface area (Å²) in [5.74, 6) is 0.173. The van der Waals surface area contributed by atoms with Crippen LogP contribution in [0.2, 0.25) is 0 Å². The summed E-state index contributed by atoms with van der Waals surface area (Å²) in [6, 6.07) is 0. The molecule has 1 atom stereocenters.